The van der Waals surface area contributed by atoms with Crippen molar-refractivity contribution in [3.8, 4) is 16.6 Å². The Morgan fingerprint density at radius 2 is 2.21 bits per heavy atom. The van der Waals surface area contributed by atoms with Gasteiger partial charge < -0.3 is 15.5 Å². The average molecular weight is 274 g/mol. The van der Waals surface area contributed by atoms with E-state index in [1.54, 1.807) is 11.3 Å². The quantitative estimate of drug-likeness (QED) is 0.769. The molecule has 0 aliphatic rings. The molecule has 5 nitrogen and oxygen atoms in total. The molecule has 3 aromatic heterocycles. The number of rotatable bonds is 3. The number of ether oxygens (including phenoxy) is 1. The van der Waals surface area contributed by atoms with E-state index < -0.39 is 0 Å². The summed E-state index contributed by atoms with van der Waals surface area (Å²) in [6.45, 7) is 4.51. The molecule has 19 heavy (non-hydrogen) atoms. The molecule has 3 N–H and O–H groups in total. The van der Waals surface area contributed by atoms with Gasteiger partial charge in [-0.3, -0.25) is 0 Å². The highest BCUT2D eigenvalue weighted by Gasteiger charge is 2.13. The molecule has 3 aromatic rings. The van der Waals surface area contributed by atoms with E-state index in [-0.39, 0.29) is 0 Å². The maximum absolute atomic E-state index is 6.04. The second kappa shape index (κ2) is 4.55. The number of aryl methyl sites for hydroxylation is 1. The van der Waals surface area contributed by atoms with Gasteiger partial charge in [-0.25, -0.2) is 4.98 Å². The Morgan fingerprint density at radius 1 is 1.37 bits per heavy atom. The standard InChI is InChI=1S/C13H14N4OS/c1-3-18-9-5-4-8-12(16-9)17-13(15-8)11-10(14)7(2)6-19-11/h4-6H,3,14H2,1-2H3,(H,15,16,17). The van der Waals surface area contributed by atoms with Gasteiger partial charge in [-0.2, -0.15) is 4.98 Å². The van der Waals surface area contributed by atoms with E-state index in [2.05, 4.69) is 15.0 Å². The largest absolute Gasteiger partial charge is 0.478 e. The molecule has 98 valence electrons. The first-order valence-corrected chi connectivity index (χ1v) is 6.90. The zero-order valence-corrected chi connectivity index (χ0v) is 11.5. The molecule has 0 aliphatic heterocycles. The zero-order chi connectivity index (χ0) is 13.4. The summed E-state index contributed by atoms with van der Waals surface area (Å²) in [6.07, 6.45) is 0. The number of H-pyrrole nitrogens is 1. The second-order valence-corrected chi connectivity index (χ2v) is 5.08. The molecule has 3 heterocycles. The molecule has 0 radical (unpaired) electrons. The lowest BCUT2D eigenvalue weighted by atomic mass is 10.3. The number of fused-ring (bicyclic) bond motifs is 1. The number of nitrogens with one attached hydrogen (secondary N) is 1. The molecule has 3 rings (SSSR count). The van der Waals surface area contributed by atoms with Crippen LogP contribution < -0.4 is 10.5 Å². The van der Waals surface area contributed by atoms with Crippen molar-refractivity contribution in [1.29, 1.82) is 0 Å². The molecule has 0 saturated carbocycles. The van der Waals surface area contributed by atoms with E-state index >= 15 is 0 Å². The third kappa shape index (κ3) is 2.04. The van der Waals surface area contributed by atoms with E-state index in [9.17, 15) is 0 Å². The van der Waals surface area contributed by atoms with Crippen molar-refractivity contribution in [2.45, 2.75) is 13.8 Å². The minimum absolute atomic E-state index is 0.586. The molecule has 0 aromatic carbocycles. The van der Waals surface area contributed by atoms with Gasteiger partial charge in [0.2, 0.25) is 5.88 Å². The van der Waals surface area contributed by atoms with Crippen molar-refractivity contribution in [2.75, 3.05) is 12.3 Å². The summed E-state index contributed by atoms with van der Waals surface area (Å²) in [5.74, 6) is 1.34. The van der Waals surface area contributed by atoms with Crippen LogP contribution in [-0.4, -0.2) is 21.6 Å². The predicted molar refractivity (Wildman–Crippen MR) is 77.5 cm³/mol. The van der Waals surface area contributed by atoms with Crippen LogP contribution in [0.3, 0.4) is 0 Å². The Bertz CT molecular complexity index is 731. The van der Waals surface area contributed by atoms with Crippen molar-refractivity contribution in [3.63, 3.8) is 0 Å². The SMILES string of the molecule is CCOc1ccc2[nH]c(-c3scc(C)c3N)nc2n1. The zero-order valence-electron chi connectivity index (χ0n) is 10.7. The first kappa shape index (κ1) is 12.0. The highest BCUT2D eigenvalue weighted by atomic mass is 32.1. The smallest absolute Gasteiger partial charge is 0.215 e. The molecular weight excluding hydrogens is 260 g/mol. The number of hydrogen-bond acceptors (Lipinski definition) is 5. The number of aromatic nitrogens is 3. The summed E-state index contributed by atoms with van der Waals surface area (Å²) in [4.78, 5) is 13.0. The first-order valence-electron chi connectivity index (χ1n) is 6.02. The van der Waals surface area contributed by atoms with Crippen molar-refractivity contribution < 1.29 is 4.74 Å². The fourth-order valence-corrected chi connectivity index (χ4v) is 2.77. The van der Waals surface area contributed by atoms with Gasteiger partial charge in [0, 0.05) is 6.07 Å². The molecule has 0 aliphatic carbocycles. The van der Waals surface area contributed by atoms with E-state index in [1.165, 1.54) is 0 Å². The van der Waals surface area contributed by atoms with E-state index in [4.69, 9.17) is 10.5 Å². The number of anilines is 1. The third-order valence-corrected chi connectivity index (χ3v) is 3.97. The minimum Gasteiger partial charge on any atom is -0.478 e. The van der Waals surface area contributed by atoms with E-state index in [0.717, 1.165) is 27.5 Å². The van der Waals surface area contributed by atoms with Crippen LogP contribution in [0.25, 0.3) is 21.9 Å². The molecule has 0 fully saturated rings. The molecule has 6 heteroatoms. The molecule has 0 saturated heterocycles. The van der Waals surface area contributed by atoms with Crippen molar-refractivity contribution in [3.05, 3.63) is 23.1 Å². The summed E-state index contributed by atoms with van der Waals surface area (Å²) in [6, 6.07) is 3.75. The molecular formula is C13H14N4OS. The lowest BCUT2D eigenvalue weighted by Gasteiger charge is -1.99. The predicted octanol–water partition coefficient (Wildman–Crippen LogP) is 2.98. The van der Waals surface area contributed by atoms with Crippen LogP contribution in [0.4, 0.5) is 5.69 Å². The fraction of sp³-hybridized carbons (Fsp3) is 0.231. The molecule has 0 amide bonds. The number of aromatic amines is 1. The van der Waals surface area contributed by atoms with Gasteiger partial charge in [0.1, 0.15) is 0 Å². The Balaban J connectivity index is 2.08. The van der Waals surface area contributed by atoms with Crippen molar-refractivity contribution >= 4 is 28.2 Å². The molecule has 0 atom stereocenters. The van der Waals surface area contributed by atoms with Crippen LogP contribution in [0.1, 0.15) is 12.5 Å². The van der Waals surface area contributed by atoms with Gasteiger partial charge in [0.05, 0.1) is 22.7 Å². The molecule has 0 bridgehead atoms. The maximum Gasteiger partial charge on any atom is 0.215 e. The summed E-state index contributed by atoms with van der Waals surface area (Å²) in [5.41, 5.74) is 9.41. The van der Waals surface area contributed by atoms with Gasteiger partial charge in [-0.1, -0.05) is 0 Å². The second-order valence-electron chi connectivity index (χ2n) is 4.20. The highest BCUT2D eigenvalue weighted by molar-refractivity contribution is 7.14. The summed E-state index contributed by atoms with van der Waals surface area (Å²) >= 11 is 1.58. The number of nitrogen functional groups attached to an aromatic ring is 1. The van der Waals surface area contributed by atoms with E-state index in [0.29, 0.717) is 18.1 Å². The number of thiophene rings is 1. The normalized spacial score (nSPS) is 11.1. The number of imidazole rings is 1. The van der Waals surface area contributed by atoms with Crippen LogP contribution in [-0.2, 0) is 0 Å². The Labute approximate surface area is 114 Å². The van der Waals surface area contributed by atoms with Crippen LogP contribution >= 0.6 is 11.3 Å². The lowest BCUT2D eigenvalue weighted by molar-refractivity contribution is 0.328. The fourth-order valence-electron chi connectivity index (χ4n) is 1.85. The highest BCUT2D eigenvalue weighted by Crippen LogP contribution is 2.33. The monoisotopic (exact) mass is 274 g/mol. The maximum atomic E-state index is 6.04. The van der Waals surface area contributed by atoms with E-state index in [1.807, 2.05) is 31.4 Å². The number of pyridine rings is 1. The van der Waals surface area contributed by atoms with Gasteiger partial charge in [0.15, 0.2) is 11.5 Å². The number of nitrogens with zero attached hydrogens (tertiary/aromatic N) is 2. The number of nitrogens with two attached hydrogens (primary N) is 1. The summed E-state index contributed by atoms with van der Waals surface area (Å²) < 4.78 is 5.37. The third-order valence-electron chi connectivity index (χ3n) is 2.85. The van der Waals surface area contributed by atoms with Crippen LogP contribution in [0, 0.1) is 6.92 Å². The topological polar surface area (TPSA) is 76.8 Å². The van der Waals surface area contributed by atoms with Crippen molar-refractivity contribution in [1.82, 2.24) is 15.0 Å². The number of hydrogen-bond donors (Lipinski definition) is 2. The lowest BCUT2D eigenvalue weighted by Crippen LogP contribution is -1.93. The van der Waals surface area contributed by atoms with Crippen LogP contribution in [0.15, 0.2) is 17.5 Å². The Morgan fingerprint density at radius 3 is 2.89 bits per heavy atom. The Kier molecular flexibility index (Phi) is 2.87. The Hall–Kier alpha value is -2.08. The van der Waals surface area contributed by atoms with Gasteiger partial charge in [-0.05, 0) is 30.9 Å². The van der Waals surface area contributed by atoms with Gasteiger partial charge in [-0.15, -0.1) is 11.3 Å². The summed E-state index contributed by atoms with van der Waals surface area (Å²) in [7, 11) is 0. The van der Waals surface area contributed by atoms with Crippen molar-refractivity contribution in [2.24, 2.45) is 0 Å². The van der Waals surface area contributed by atoms with Crippen LogP contribution in [0.5, 0.6) is 5.88 Å². The van der Waals surface area contributed by atoms with Crippen LogP contribution in [0.2, 0.25) is 0 Å². The minimum atomic E-state index is 0.586. The summed E-state index contributed by atoms with van der Waals surface area (Å²) in [5, 5.41) is 2.02. The average Bonchev–Trinajstić information content (AvgIpc) is 2.94. The molecule has 0 spiro atoms. The van der Waals surface area contributed by atoms with Gasteiger partial charge in [0.25, 0.3) is 0 Å². The molecule has 0 unspecified atom stereocenters. The van der Waals surface area contributed by atoms with Gasteiger partial charge >= 0.3 is 0 Å². The first-order chi connectivity index (χ1) is 9.19.